The Kier molecular flexibility index (Phi) is 4.66. The molecular weight excluding hydrogens is 243 g/mol. The molecule has 3 heteroatoms. The third-order valence-electron chi connectivity index (χ3n) is 2.95. The normalized spacial score (nSPS) is 14.1. The maximum atomic E-state index is 13.2. The van der Waals surface area contributed by atoms with Crippen molar-refractivity contribution in [3.63, 3.8) is 0 Å². The van der Waals surface area contributed by atoms with Crippen molar-refractivity contribution < 1.29 is 14.2 Å². The lowest BCUT2D eigenvalue weighted by Gasteiger charge is -2.23. The van der Waals surface area contributed by atoms with E-state index in [9.17, 15) is 9.50 Å². The number of aliphatic hydroxyl groups is 1. The molecule has 2 unspecified atom stereocenters. The molecule has 0 spiro atoms. The molecule has 2 rings (SSSR count). The average Bonchev–Trinajstić information content (AvgIpc) is 2.45. The zero-order valence-electron chi connectivity index (χ0n) is 10.8. The molecule has 2 aromatic rings. The minimum Gasteiger partial charge on any atom is -0.385 e. The summed E-state index contributed by atoms with van der Waals surface area (Å²) in [6.07, 6.45) is -1.38. The van der Waals surface area contributed by atoms with Crippen LogP contribution in [0, 0.1) is 5.82 Å². The smallest absolute Gasteiger partial charge is 0.123 e. The molecular formula is C16H17FO2. The predicted molar refractivity (Wildman–Crippen MR) is 72.2 cm³/mol. The summed E-state index contributed by atoms with van der Waals surface area (Å²) in [5.41, 5.74) is 1.39. The summed E-state index contributed by atoms with van der Waals surface area (Å²) >= 11 is 0. The lowest BCUT2D eigenvalue weighted by molar-refractivity contribution is -0.0362. The second-order valence-electron chi connectivity index (χ2n) is 4.29. The Balaban J connectivity index is 2.29. The van der Waals surface area contributed by atoms with E-state index in [2.05, 4.69) is 0 Å². The van der Waals surface area contributed by atoms with E-state index in [4.69, 9.17) is 4.74 Å². The fourth-order valence-electron chi connectivity index (χ4n) is 2.06. The Bertz CT molecular complexity index is 513. The van der Waals surface area contributed by atoms with Crippen molar-refractivity contribution in [3.8, 4) is 0 Å². The van der Waals surface area contributed by atoms with Crippen LogP contribution in [0.4, 0.5) is 4.39 Å². The van der Waals surface area contributed by atoms with Gasteiger partial charge in [-0.25, -0.2) is 4.39 Å². The number of ether oxygens (including phenoxy) is 1. The molecule has 0 radical (unpaired) electrons. The zero-order valence-corrected chi connectivity index (χ0v) is 10.8. The first-order chi connectivity index (χ1) is 9.22. The van der Waals surface area contributed by atoms with Crippen molar-refractivity contribution in [3.05, 3.63) is 71.5 Å². The van der Waals surface area contributed by atoms with Gasteiger partial charge in [0.1, 0.15) is 18.0 Å². The monoisotopic (exact) mass is 260 g/mol. The van der Waals surface area contributed by atoms with Gasteiger partial charge in [-0.1, -0.05) is 42.5 Å². The van der Waals surface area contributed by atoms with E-state index in [-0.39, 0.29) is 5.82 Å². The van der Waals surface area contributed by atoms with Crippen LogP contribution < -0.4 is 0 Å². The summed E-state index contributed by atoms with van der Waals surface area (Å²) in [7, 11) is 0. The molecule has 2 aromatic carbocycles. The van der Waals surface area contributed by atoms with Gasteiger partial charge < -0.3 is 9.84 Å². The van der Waals surface area contributed by atoms with Crippen LogP contribution in [0.5, 0.6) is 0 Å². The Morgan fingerprint density at radius 2 is 1.74 bits per heavy atom. The zero-order chi connectivity index (χ0) is 13.7. The molecule has 0 aliphatic heterocycles. The van der Waals surface area contributed by atoms with Crippen molar-refractivity contribution in [2.45, 2.75) is 19.1 Å². The molecule has 0 heterocycles. The third kappa shape index (κ3) is 3.40. The molecule has 0 aromatic heterocycles. The lowest BCUT2D eigenvalue weighted by atomic mass is 9.98. The molecule has 0 saturated heterocycles. The highest BCUT2D eigenvalue weighted by molar-refractivity contribution is 5.25. The molecule has 2 nitrogen and oxygen atoms in total. The Morgan fingerprint density at radius 1 is 1.05 bits per heavy atom. The van der Waals surface area contributed by atoms with E-state index < -0.39 is 12.2 Å². The second-order valence-corrected chi connectivity index (χ2v) is 4.29. The highest BCUT2D eigenvalue weighted by atomic mass is 19.1. The van der Waals surface area contributed by atoms with Gasteiger partial charge in [0.15, 0.2) is 0 Å². The molecule has 19 heavy (non-hydrogen) atoms. The van der Waals surface area contributed by atoms with E-state index in [0.717, 1.165) is 5.56 Å². The first-order valence-corrected chi connectivity index (χ1v) is 6.32. The van der Waals surface area contributed by atoms with Crippen molar-refractivity contribution in [2.75, 3.05) is 6.61 Å². The van der Waals surface area contributed by atoms with E-state index >= 15 is 0 Å². The van der Waals surface area contributed by atoms with Gasteiger partial charge in [0.2, 0.25) is 0 Å². The van der Waals surface area contributed by atoms with Crippen molar-refractivity contribution in [1.29, 1.82) is 0 Å². The van der Waals surface area contributed by atoms with Gasteiger partial charge in [0, 0.05) is 6.61 Å². The fourth-order valence-corrected chi connectivity index (χ4v) is 2.06. The minimum atomic E-state index is -0.891. The first kappa shape index (κ1) is 13.7. The van der Waals surface area contributed by atoms with Crippen LogP contribution in [-0.2, 0) is 4.74 Å². The first-order valence-electron chi connectivity index (χ1n) is 6.32. The number of hydrogen-bond donors (Lipinski definition) is 1. The van der Waals surface area contributed by atoms with Crippen LogP contribution in [0.3, 0.4) is 0 Å². The van der Waals surface area contributed by atoms with Gasteiger partial charge in [-0.05, 0) is 30.2 Å². The van der Waals surface area contributed by atoms with E-state index in [1.165, 1.54) is 12.1 Å². The predicted octanol–water partition coefficient (Wildman–Crippen LogP) is 3.64. The van der Waals surface area contributed by atoms with Gasteiger partial charge in [0.25, 0.3) is 0 Å². The molecule has 0 amide bonds. The highest BCUT2D eigenvalue weighted by Gasteiger charge is 2.23. The summed E-state index contributed by atoms with van der Waals surface area (Å²) in [6, 6.07) is 15.4. The Hall–Kier alpha value is -1.71. The molecule has 100 valence electrons. The van der Waals surface area contributed by atoms with Gasteiger partial charge >= 0.3 is 0 Å². The van der Waals surface area contributed by atoms with Crippen LogP contribution in [0.2, 0.25) is 0 Å². The second kappa shape index (κ2) is 6.45. The maximum Gasteiger partial charge on any atom is 0.123 e. The molecule has 0 fully saturated rings. The SMILES string of the molecule is CCOC(c1ccccc1)C(O)c1cccc(F)c1. The minimum absolute atomic E-state index is 0.361. The van der Waals surface area contributed by atoms with E-state index in [1.54, 1.807) is 12.1 Å². The van der Waals surface area contributed by atoms with Crippen LogP contribution in [0.1, 0.15) is 30.3 Å². The fraction of sp³-hybridized carbons (Fsp3) is 0.250. The van der Waals surface area contributed by atoms with Crippen molar-refractivity contribution in [1.82, 2.24) is 0 Å². The molecule has 0 aliphatic rings. The quantitative estimate of drug-likeness (QED) is 0.889. The number of rotatable bonds is 5. The van der Waals surface area contributed by atoms with Crippen LogP contribution in [0.15, 0.2) is 54.6 Å². The number of hydrogen-bond acceptors (Lipinski definition) is 2. The van der Waals surface area contributed by atoms with Crippen LogP contribution in [0.25, 0.3) is 0 Å². The summed E-state index contributed by atoms with van der Waals surface area (Å²) in [4.78, 5) is 0. The van der Waals surface area contributed by atoms with Gasteiger partial charge in [-0.2, -0.15) is 0 Å². The third-order valence-corrected chi connectivity index (χ3v) is 2.95. The molecule has 0 saturated carbocycles. The Morgan fingerprint density at radius 3 is 2.37 bits per heavy atom. The number of benzene rings is 2. The lowest BCUT2D eigenvalue weighted by Crippen LogP contribution is -2.14. The summed E-state index contributed by atoms with van der Waals surface area (Å²) in [5.74, 6) is -0.361. The molecule has 0 bridgehead atoms. The molecule has 1 N–H and O–H groups in total. The summed E-state index contributed by atoms with van der Waals surface area (Å²) in [6.45, 7) is 2.35. The highest BCUT2D eigenvalue weighted by Crippen LogP contribution is 2.32. The maximum absolute atomic E-state index is 13.2. The van der Waals surface area contributed by atoms with Crippen LogP contribution in [-0.4, -0.2) is 11.7 Å². The number of halogens is 1. The van der Waals surface area contributed by atoms with Gasteiger partial charge in [0.05, 0.1) is 0 Å². The summed E-state index contributed by atoms with van der Waals surface area (Å²) in [5, 5.41) is 10.4. The van der Waals surface area contributed by atoms with Crippen molar-refractivity contribution >= 4 is 0 Å². The average molecular weight is 260 g/mol. The van der Waals surface area contributed by atoms with Crippen molar-refractivity contribution in [2.24, 2.45) is 0 Å². The summed E-state index contributed by atoms with van der Waals surface area (Å²) < 4.78 is 18.8. The standard InChI is InChI=1S/C16H17FO2/c1-2-19-16(12-7-4-3-5-8-12)15(18)13-9-6-10-14(17)11-13/h3-11,15-16,18H,2H2,1H3. The van der Waals surface area contributed by atoms with E-state index in [1.807, 2.05) is 37.3 Å². The largest absolute Gasteiger partial charge is 0.385 e. The molecule has 0 aliphatic carbocycles. The molecule has 2 atom stereocenters. The Labute approximate surface area is 112 Å². The van der Waals surface area contributed by atoms with Crippen LogP contribution >= 0.6 is 0 Å². The van der Waals surface area contributed by atoms with Gasteiger partial charge in [-0.3, -0.25) is 0 Å². The van der Waals surface area contributed by atoms with Gasteiger partial charge in [-0.15, -0.1) is 0 Å². The topological polar surface area (TPSA) is 29.5 Å². The van der Waals surface area contributed by atoms with E-state index in [0.29, 0.717) is 12.2 Å². The number of aliphatic hydroxyl groups excluding tert-OH is 1.